The van der Waals surface area contributed by atoms with E-state index in [9.17, 15) is 8.42 Å². The summed E-state index contributed by atoms with van der Waals surface area (Å²) in [5.74, 6) is 0.534. The van der Waals surface area contributed by atoms with E-state index in [0.29, 0.717) is 13.2 Å². The minimum atomic E-state index is -3.18. The van der Waals surface area contributed by atoms with Gasteiger partial charge in [0.25, 0.3) is 0 Å². The molecule has 20 heavy (non-hydrogen) atoms. The van der Waals surface area contributed by atoms with Gasteiger partial charge in [-0.2, -0.15) is 0 Å². The van der Waals surface area contributed by atoms with Crippen LogP contribution in [0.4, 0.5) is 0 Å². The zero-order valence-electron chi connectivity index (χ0n) is 12.3. The van der Waals surface area contributed by atoms with Gasteiger partial charge in [0.1, 0.15) is 0 Å². The molecular weight excluding hydrogens is 278 g/mol. The van der Waals surface area contributed by atoms with Crippen LogP contribution in [0.5, 0.6) is 0 Å². The van der Waals surface area contributed by atoms with Crippen LogP contribution in [0.3, 0.4) is 0 Å². The van der Waals surface area contributed by atoms with Crippen LogP contribution in [0.15, 0.2) is 0 Å². The number of sulfonamides is 1. The highest BCUT2D eigenvalue weighted by molar-refractivity contribution is 7.89. The molecule has 0 radical (unpaired) electrons. The van der Waals surface area contributed by atoms with E-state index in [2.05, 4.69) is 21.9 Å². The highest BCUT2D eigenvalue weighted by atomic mass is 32.2. The third-order valence-corrected chi connectivity index (χ3v) is 5.63. The highest BCUT2D eigenvalue weighted by Crippen LogP contribution is 2.13. The van der Waals surface area contributed by atoms with Crippen molar-refractivity contribution >= 4 is 10.0 Å². The number of ether oxygens (including phenoxy) is 1. The van der Waals surface area contributed by atoms with Gasteiger partial charge in [0.2, 0.25) is 10.0 Å². The molecule has 2 aliphatic rings. The third-order valence-electron chi connectivity index (χ3n) is 4.11. The smallest absolute Gasteiger partial charge is 0.211 e. The van der Waals surface area contributed by atoms with Crippen LogP contribution in [-0.4, -0.2) is 71.0 Å². The molecule has 2 aliphatic heterocycles. The Balaban J connectivity index is 1.73. The average molecular weight is 305 g/mol. The maximum atomic E-state index is 12.1. The minimum Gasteiger partial charge on any atom is -0.374 e. The quantitative estimate of drug-likeness (QED) is 0.700. The summed E-state index contributed by atoms with van der Waals surface area (Å²) in [6.45, 7) is 7.79. The molecule has 0 aliphatic carbocycles. The Hall–Kier alpha value is -0.210. The van der Waals surface area contributed by atoms with Gasteiger partial charge in [0, 0.05) is 19.6 Å². The second-order valence-electron chi connectivity index (χ2n) is 5.71. The molecule has 0 saturated carbocycles. The topological polar surface area (TPSA) is 70.7 Å². The van der Waals surface area contributed by atoms with Crippen molar-refractivity contribution in [3.63, 3.8) is 0 Å². The van der Waals surface area contributed by atoms with Gasteiger partial charge in [0.05, 0.1) is 18.5 Å². The standard InChI is InChI=1S/C13H27N3O3S/c1-2-16-7-8-19-13(10-16)9-15-20(17,18)11-12-3-5-14-6-4-12/h12-15H,2-11H2,1H3. The van der Waals surface area contributed by atoms with Crippen LogP contribution in [0.25, 0.3) is 0 Å². The zero-order valence-corrected chi connectivity index (χ0v) is 13.1. The van der Waals surface area contributed by atoms with Gasteiger partial charge in [-0.3, -0.25) is 4.90 Å². The average Bonchev–Trinajstić information content (AvgIpc) is 2.46. The molecule has 6 nitrogen and oxygen atoms in total. The normalized spacial score (nSPS) is 26.8. The fourth-order valence-corrected chi connectivity index (χ4v) is 4.34. The summed E-state index contributed by atoms with van der Waals surface area (Å²) in [7, 11) is -3.18. The van der Waals surface area contributed by atoms with Gasteiger partial charge in [-0.1, -0.05) is 6.92 Å². The first-order chi connectivity index (χ1) is 9.59. The number of nitrogens with one attached hydrogen (secondary N) is 2. The summed E-state index contributed by atoms with van der Waals surface area (Å²) >= 11 is 0. The van der Waals surface area contributed by atoms with E-state index in [0.717, 1.165) is 45.6 Å². The third kappa shape index (κ3) is 5.29. The van der Waals surface area contributed by atoms with Crippen molar-refractivity contribution in [2.75, 3.05) is 51.6 Å². The predicted molar refractivity (Wildman–Crippen MR) is 79.2 cm³/mol. The van der Waals surface area contributed by atoms with E-state index >= 15 is 0 Å². The van der Waals surface area contributed by atoms with Crippen molar-refractivity contribution in [2.45, 2.75) is 25.9 Å². The number of rotatable bonds is 6. The number of nitrogens with zero attached hydrogens (tertiary/aromatic N) is 1. The Morgan fingerprint density at radius 3 is 2.80 bits per heavy atom. The molecule has 7 heteroatoms. The number of piperidine rings is 1. The number of likely N-dealkylation sites (N-methyl/N-ethyl adjacent to an activating group) is 1. The van der Waals surface area contributed by atoms with Crippen LogP contribution in [0.2, 0.25) is 0 Å². The lowest BCUT2D eigenvalue weighted by Gasteiger charge is -2.32. The van der Waals surface area contributed by atoms with E-state index in [-0.39, 0.29) is 17.8 Å². The fraction of sp³-hybridized carbons (Fsp3) is 1.00. The lowest BCUT2D eigenvalue weighted by atomic mass is 10.0. The number of morpholine rings is 1. The first-order valence-electron chi connectivity index (χ1n) is 7.61. The largest absolute Gasteiger partial charge is 0.374 e. The molecule has 0 bridgehead atoms. The maximum absolute atomic E-state index is 12.1. The molecule has 2 heterocycles. The summed E-state index contributed by atoms with van der Waals surface area (Å²) in [6, 6.07) is 0. The molecule has 0 aromatic carbocycles. The molecule has 0 aromatic rings. The lowest BCUT2D eigenvalue weighted by molar-refractivity contribution is -0.0229. The van der Waals surface area contributed by atoms with Gasteiger partial charge >= 0.3 is 0 Å². The van der Waals surface area contributed by atoms with Crippen LogP contribution in [-0.2, 0) is 14.8 Å². The zero-order chi connectivity index (χ0) is 14.4. The maximum Gasteiger partial charge on any atom is 0.211 e. The van der Waals surface area contributed by atoms with Crippen molar-refractivity contribution in [2.24, 2.45) is 5.92 Å². The van der Waals surface area contributed by atoms with E-state index in [4.69, 9.17) is 4.74 Å². The van der Waals surface area contributed by atoms with Gasteiger partial charge in [0.15, 0.2) is 0 Å². The Bertz CT molecular complexity index is 382. The second kappa shape index (κ2) is 7.70. The number of hydrogen-bond donors (Lipinski definition) is 2. The van der Waals surface area contributed by atoms with E-state index in [1.54, 1.807) is 0 Å². The highest BCUT2D eigenvalue weighted by Gasteiger charge is 2.24. The molecule has 2 fully saturated rings. The SMILES string of the molecule is CCN1CCOC(CNS(=O)(=O)CC2CCNCC2)C1. The van der Waals surface area contributed by atoms with Gasteiger partial charge in [-0.05, 0) is 38.4 Å². The van der Waals surface area contributed by atoms with E-state index < -0.39 is 10.0 Å². The first kappa shape index (κ1) is 16.2. The molecule has 1 unspecified atom stereocenters. The Morgan fingerprint density at radius 1 is 1.35 bits per heavy atom. The summed E-state index contributed by atoms with van der Waals surface area (Å²) < 4.78 is 32.5. The molecule has 2 N–H and O–H groups in total. The van der Waals surface area contributed by atoms with Crippen molar-refractivity contribution in [3.8, 4) is 0 Å². The van der Waals surface area contributed by atoms with Crippen LogP contribution in [0, 0.1) is 5.92 Å². The molecule has 0 amide bonds. The first-order valence-corrected chi connectivity index (χ1v) is 9.26. The fourth-order valence-electron chi connectivity index (χ4n) is 2.83. The number of hydrogen-bond acceptors (Lipinski definition) is 5. The summed E-state index contributed by atoms with van der Waals surface area (Å²) in [5, 5.41) is 3.25. The second-order valence-corrected chi connectivity index (χ2v) is 7.56. The van der Waals surface area contributed by atoms with E-state index in [1.165, 1.54) is 0 Å². The van der Waals surface area contributed by atoms with Crippen LogP contribution >= 0.6 is 0 Å². The molecule has 1 atom stereocenters. The Labute approximate surface area is 122 Å². The summed E-state index contributed by atoms with van der Waals surface area (Å²) in [5.41, 5.74) is 0. The molecule has 118 valence electrons. The van der Waals surface area contributed by atoms with Crippen LogP contribution < -0.4 is 10.0 Å². The summed E-state index contributed by atoms with van der Waals surface area (Å²) in [4.78, 5) is 2.29. The molecule has 2 rings (SSSR count). The molecule has 0 spiro atoms. The van der Waals surface area contributed by atoms with Gasteiger partial charge in [-0.25, -0.2) is 13.1 Å². The van der Waals surface area contributed by atoms with Crippen molar-refractivity contribution in [1.82, 2.24) is 14.9 Å². The Morgan fingerprint density at radius 2 is 2.10 bits per heavy atom. The lowest BCUT2D eigenvalue weighted by Crippen LogP contribution is -2.48. The molecule has 2 saturated heterocycles. The molecule has 0 aromatic heterocycles. The monoisotopic (exact) mass is 305 g/mol. The van der Waals surface area contributed by atoms with E-state index in [1.807, 2.05) is 0 Å². The van der Waals surface area contributed by atoms with Crippen molar-refractivity contribution in [3.05, 3.63) is 0 Å². The van der Waals surface area contributed by atoms with Crippen LogP contribution in [0.1, 0.15) is 19.8 Å². The van der Waals surface area contributed by atoms with Crippen molar-refractivity contribution < 1.29 is 13.2 Å². The molecular formula is C13H27N3O3S. The predicted octanol–water partition coefficient (Wildman–Crippen LogP) is -0.374. The Kier molecular flexibility index (Phi) is 6.22. The van der Waals surface area contributed by atoms with Gasteiger partial charge < -0.3 is 10.1 Å². The van der Waals surface area contributed by atoms with Crippen molar-refractivity contribution in [1.29, 1.82) is 0 Å². The summed E-state index contributed by atoms with van der Waals surface area (Å²) in [6.07, 6.45) is 1.88. The van der Waals surface area contributed by atoms with Gasteiger partial charge in [-0.15, -0.1) is 0 Å². The minimum absolute atomic E-state index is 0.0218.